The Morgan fingerprint density at radius 3 is 3.13 bits per heavy atom. The number of rotatable bonds is 1. The van der Waals surface area contributed by atoms with E-state index in [0.717, 1.165) is 24.5 Å². The van der Waals surface area contributed by atoms with Gasteiger partial charge in [-0.2, -0.15) is 0 Å². The molecule has 0 aliphatic carbocycles. The highest BCUT2D eigenvalue weighted by Gasteiger charge is 2.14. The highest BCUT2D eigenvalue weighted by Crippen LogP contribution is 2.29. The topological polar surface area (TPSA) is 27.0 Å². The molecule has 3 heteroatoms. The first kappa shape index (κ1) is 9.07. The van der Waals surface area contributed by atoms with E-state index >= 15 is 0 Å². The molecule has 1 aromatic heterocycles. The Balaban J connectivity index is 2.15. The number of nitrogens with zero attached hydrogens (tertiary/aromatic N) is 2. The quantitative estimate of drug-likeness (QED) is 0.718. The number of hydrogen-bond acceptors (Lipinski definition) is 2. The van der Waals surface area contributed by atoms with Gasteiger partial charge >= 0.3 is 0 Å². The Hall–Kier alpha value is -1.19. The van der Waals surface area contributed by atoms with Crippen LogP contribution in [0.25, 0.3) is 10.6 Å². The van der Waals surface area contributed by atoms with E-state index in [1.807, 2.05) is 11.6 Å². The Morgan fingerprint density at radius 2 is 2.27 bits per heavy atom. The molecule has 0 amide bonds. The second-order valence-corrected chi connectivity index (χ2v) is 4.53. The maximum atomic E-state index is 4.42. The van der Waals surface area contributed by atoms with Crippen LogP contribution in [-0.2, 0) is 13.0 Å². The Labute approximate surface area is 93.0 Å². The maximum absolute atomic E-state index is 4.42. The number of aromatic nitrogens is 1. The first-order valence-corrected chi connectivity index (χ1v) is 5.97. The largest absolute Gasteiger partial charge is 0.245 e. The van der Waals surface area contributed by atoms with Gasteiger partial charge in [0.15, 0.2) is 0 Å². The van der Waals surface area contributed by atoms with E-state index in [2.05, 4.69) is 28.5 Å². The first-order valence-electron chi connectivity index (χ1n) is 5.09. The van der Waals surface area contributed by atoms with Crippen LogP contribution in [0.2, 0.25) is 0 Å². The van der Waals surface area contributed by atoms with Gasteiger partial charge in [-0.25, -0.2) is 10.3 Å². The van der Waals surface area contributed by atoms with E-state index < -0.39 is 0 Å². The van der Waals surface area contributed by atoms with Gasteiger partial charge in [0.1, 0.15) is 5.01 Å². The van der Waals surface area contributed by atoms with Crippen LogP contribution in [0, 0.1) is 0 Å². The zero-order chi connectivity index (χ0) is 10.1. The summed E-state index contributed by atoms with van der Waals surface area (Å²) >= 11 is 1.71. The summed E-state index contributed by atoms with van der Waals surface area (Å²) < 4.78 is 0. The third kappa shape index (κ3) is 1.58. The van der Waals surface area contributed by atoms with Crippen LogP contribution in [-0.4, -0.2) is 11.5 Å². The van der Waals surface area contributed by atoms with Crippen LogP contribution in [0.4, 0.5) is 0 Å². The number of benzene rings is 1. The van der Waals surface area contributed by atoms with E-state index in [0.29, 0.717) is 0 Å². The van der Waals surface area contributed by atoms with Crippen LogP contribution >= 0.6 is 11.3 Å². The first-order chi connectivity index (χ1) is 7.45. The van der Waals surface area contributed by atoms with Gasteiger partial charge in [-0.15, -0.1) is 11.3 Å². The Bertz CT molecular complexity index is 462. The molecule has 2 aromatic rings. The van der Waals surface area contributed by atoms with Crippen molar-refractivity contribution in [2.24, 2.45) is 0 Å². The highest BCUT2D eigenvalue weighted by atomic mass is 32.1. The fourth-order valence-corrected chi connectivity index (χ4v) is 2.72. The molecule has 2 nitrogen and oxygen atoms in total. The van der Waals surface area contributed by atoms with Crippen molar-refractivity contribution in [3.63, 3.8) is 0 Å². The van der Waals surface area contributed by atoms with Gasteiger partial charge < -0.3 is 0 Å². The number of hydrogen-bond donors (Lipinski definition) is 0. The van der Waals surface area contributed by atoms with Gasteiger partial charge in [0.05, 0.1) is 0 Å². The van der Waals surface area contributed by atoms with Crippen molar-refractivity contribution in [1.82, 2.24) is 10.3 Å². The molecule has 1 aliphatic rings. The second kappa shape index (κ2) is 3.76. The lowest BCUT2D eigenvalue weighted by molar-refractivity contribution is 0.631. The molecule has 1 aliphatic heterocycles. The van der Waals surface area contributed by atoms with Gasteiger partial charge in [-0.3, -0.25) is 0 Å². The minimum atomic E-state index is 0.870. The zero-order valence-electron chi connectivity index (χ0n) is 8.31. The average molecular weight is 215 g/mol. The lowest BCUT2D eigenvalue weighted by atomic mass is 9.96. The molecular formula is C12H11N2S. The summed E-state index contributed by atoms with van der Waals surface area (Å²) in [5.41, 5.74) is 4.12. The van der Waals surface area contributed by atoms with E-state index in [4.69, 9.17) is 0 Å². The lowest BCUT2D eigenvalue weighted by Gasteiger charge is -2.18. The molecule has 3 rings (SSSR count). The molecule has 0 unspecified atom stereocenters. The molecule has 0 fully saturated rings. The van der Waals surface area contributed by atoms with Gasteiger partial charge in [-0.05, 0) is 17.5 Å². The van der Waals surface area contributed by atoms with Crippen molar-refractivity contribution >= 4 is 11.3 Å². The predicted molar refractivity (Wildman–Crippen MR) is 62.0 cm³/mol. The number of thiazole rings is 1. The van der Waals surface area contributed by atoms with Crippen molar-refractivity contribution in [2.45, 2.75) is 13.0 Å². The van der Waals surface area contributed by atoms with Crippen molar-refractivity contribution in [3.8, 4) is 10.6 Å². The van der Waals surface area contributed by atoms with Gasteiger partial charge in [0, 0.05) is 30.2 Å². The summed E-state index contributed by atoms with van der Waals surface area (Å²) in [4.78, 5) is 4.38. The van der Waals surface area contributed by atoms with E-state index in [9.17, 15) is 0 Å². The van der Waals surface area contributed by atoms with Crippen LogP contribution < -0.4 is 5.32 Å². The minimum absolute atomic E-state index is 0.870. The van der Waals surface area contributed by atoms with Crippen LogP contribution in [0.5, 0.6) is 0 Å². The minimum Gasteiger partial charge on any atom is -0.245 e. The monoisotopic (exact) mass is 215 g/mol. The molecular weight excluding hydrogens is 204 g/mol. The van der Waals surface area contributed by atoms with E-state index in [-0.39, 0.29) is 0 Å². The average Bonchev–Trinajstić information content (AvgIpc) is 2.82. The smallest absolute Gasteiger partial charge is 0.123 e. The van der Waals surface area contributed by atoms with Crippen LogP contribution in [0.1, 0.15) is 11.1 Å². The second-order valence-electron chi connectivity index (χ2n) is 3.64. The van der Waals surface area contributed by atoms with Crippen molar-refractivity contribution in [2.75, 3.05) is 6.54 Å². The summed E-state index contributed by atoms with van der Waals surface area (Å²) in [5.74, 6) is 0. The molecule has 0 spiro atoms. The van der Waals surface area contributed by atoms with Gasteiger partial charge in [0.25, 0.3) is 0 Å². The molecule has 0 saturated carbocycles. The standard InChI is InChI=1S/C12H11N2S/c1-2-9-8-13-5-4-10(9)11(3-1)12-14-6-7-15-12/h1-3,6-7H,4-5,8H2. The maximum Gasteiger partial charge on any atom is 0.123 e. The molecule has 0 bridgehead atoms. The highest BCUT2D eigenvalue weighted by molar-refractivity contribution is 7.13. The van der Waals surface area contributed by atoms with Crippen molar-refractivity contribution in [3.05, 3.63) is 40.9 Å². The van der Waals surface area contributed by atoms with Gasteiger partial charge in [-0.1, -0.05) is 18.2 Å². The zero-order valence-corrected chi connectivity index (χ0v) is 9.13. The van der Waals surface area contributed by atoms with Crippen LogP contribution in [0.3, 0.4) is 0 Å². The number of fused-ring (bicyclic) bond motifs is 1. The SMILES string of the molecule is c1cc2c(c(-c3nccs3)c1)CC[N]C2. The summed E-state index contributed by atoms with van der Waals surface area (Å²) in [7, 11) is 0. The third-order valence-electron chi connectivity index (χ3n) is 2.74. The molecule has 75 valence electrons. The van der Waals surface area contributed by atoms with E-state index in [1.165, 1.54) is 16.7 Å². The summed E-state index contributed by atoms with van der Waals surface area (Å²) in [6.45, 7) is 1.82. The van der Waals surface area contributed by atoms with E-state index in [1.54, 1.807) is 11.3 Å². The molecule has 0 atom stereocenters. The lowest BCUT2D eigenvalue weighted by Crippen LogP contribution is -2.18. The Morgan fingerprint density at radius 1 is 1.27 bits per heavy atom. The van der Waals surface area contributed by atoms with Crippen molar-refractivity contribution < 1.29 is 0 Å². The summed E-state index contributed by atoms with van der Waals surface area (Å²) in [6.07, 6.45) is 2.93. The molecule has 15 heavy (non-hydrogen) atoms. The van der Waals surface area contributed by atoms with Crippen molar-refractivity contribution in [1.29, 1.82) is 0 Å². The third-order valence-corrected chi connectivity index (χ3v) is 3.54. The normalized spacial score (nSPS) is 14.9. The molecule has 1 radical (unpaired) electrons. The summed E-state index contributed by atoms with van der Waals surface area (Å²) in [6, 6.07) is 6.45. The van der Waals surface area contributed by atoms with Crippen LogP contribution in [0.15, 0.2) is 29.8 Å². The fraction of sp³-hybridized carbons (Fsp3) is 0.250. The molecule has 2 heterocycles. The van der Waals surface area contributed by atoms with Gasteiger partial charge in [0.2, 0.25) is 0 Å². The molecule has 1 aromatic carbocycles. The summed E-state index contributed by atoms with van der Waals surface area (Å²) in [5, 5.41) is 7.59. The molecule has 0 N–H and O–H groups in total. The molecule has 0 saturated heterocycles. The fourth-order valence-electron chi connectivity index (χ4n) is 2.03. The Kier molecular flexibility index (Phi) is 2.27. The predicted octanol–water partition coefficient (Wildman–Crippen LogP) is 2.47.